The summed E-state index contributed by atoms with van der Waals surface area (Å²) in [6.07, 6.45) is 0.333. The number of H-pyrrole nitrogens is 1. The van der Waals surface area contributed by atoms with Gasteiger partial charge in [0.2, 0.25) is 0 Å². The molecule has 0 atom stereocenters. The van der Waals surface area contributed by atoms with Crippen molar-refractivity contribution in [3.63, 3.8) is 0 Å². The van der Waals surface area contributed by atoms with Gasteiger partial charge in [0.1, 0.15) is 17.5 Å². The number of nitrogens with zero attached hydrogens (tertiary/aromatic N) is 2. The van der Waals surface area contributed by atoms with E-state index in [2.05, 4.69) is 9.97 Å². The number of aromatic amines is 1. The first-order valence-corrected chi connectivity index (χ1v) is 7.49. The van der Waals surface area contributed by atoms with Crippen molar-refractivity contribution in [2.24, 2.45) is 0 Å². The van der Waals surface area contributed by atoms with E-state index in [0.717, 1.165) is 5.56 Å². The summed E-state index contributed by atoms with van der Waals surface area (Å²) in [5.41, 5.74) is 1.25. The molecule has 0 saturated heterocycles. The van der Waals surface area contributed by atoms with Gasteiger partial charge in [0, 0.05) is 12.0 Å². The molecule has 0 fully saturated rings. The maximum absolute atomic E-state index is 12.2. The van der Waals surface area contributed by atoms with Crippen molar-refractivity contribution in [2.45, 2.75) is 6.42 Å². The number of nitriles is 1. The molecule has 3 aromatic rings. The quantitative estimate of drug-likeness (QED) is 0.764. The highest BCUT2D eigenvalue weighted by Crippen LogP contribution is 2.18. The van der Waals surface area contributed by atoms with Gasteiger partial charge < -0.3 is 10.1 Å². The Morgan fingerprint density at radius 1 is 1.16 bits per heavy atom. The third-order valence-corrected chi connectivity index (χ3v) is 3.70. The summed E-state index contributed by atoms with van der Waals surface area (Å²) in [5, 5.41) is 18.4. The van der Waals surface area contributed by atoms with Crippen LogP contribution in [0.25, 0.3) is 11.4 Å². The van der Waals surface area contributed by atoms with Gasteiger partial charge in [-0.2, -0.15) is 5.26 Å². The second kappa shape index (κ2) is 6.81. The monoisotopic (exact) mass is 331 g/mol. The number of carboxylic acids is 1. The number of benzene rings is 2. The molecule has 2 aromatic carbocycles. The lowest BCUT2D eigenvalue weighted by Gasteiger charge is -2.07. The van der Waals surface area contributed by atoms with Gasteiger partial charge in [0.05, 0.1) is 11.3 Å². The van der Waals surface area contributed by atoms with Gasteiger partial charge in [0.25, 0.3) is 5.56 Å². The van der Waals surface area contributed by atoms with Crippen molar-refractivity contribution in [1.82, 2.24) is 9.97 Å². The molecule has 0 amide bonds. The lowest BCUT2D eigenvalue weighted by atomic mass is 10.1. The molecular weight excluding hydrogens is 318 g/mol. The predicted molar refractivity (Wildman–Crippen MR) is 91.2 cm³/mol. The number of nitrogens with one attached hydrogen (secondary N) is 1. The predicted octanol–water partition coefficient (Wildman–Crippen LogP) is 2.60. The molecule has 0 bridgehead atoms. The van der Waals surface area contributed by atoms with E-state index in [1.807, 2.05) is 36.4 Å². The Balaban J connectivity index is 2.11. The first-order valence-electron chi connectivity index (χ1n) is 7.49. The third kappa shape index (κ3) is 3.46. The van der Waals surface area contributed by atoms with Gasteiger partial charge in [-0.1, -0.05) is 42.5 Å². The van der Waals surface area contributed by atoms with Gasteiger partial charge in [-0.15, -0.1) is 0 Å². The molecule has 0 aliphatic carbocycles. The fourth-order valence-electron chi connectivity index (χ4n) is 2.49. The Morgan fingerprint density at radius 3 is 2.60 bits per heavy atom. The summed E-state index contributed by atoms with van der Waals surface area (Å²) in [6, 6.07) is 17.4. The van der Waals surface area contributed by atoms with Crippen LogP contribution in [-0.2, 0) is 6.42 Å². The van der Waals surface area contributed by atoms with Crippen LogP contribution in [0.3, 0.4) is 0 Å². The van der Waals surface area contributed by atoms with Crippen molar-refractivity contribution >= 4 is 5.97 Å². The van der Waals surface area contributed by atoms with E-state index in [1.54, 1.807) is 12.1 Å². The first-order chi connectivity index (χ1) is 12.1. The van der Waals surface area contributed by atoms with Crippen molar-refractivity contribution in [3.05, 3.63) is 87.3 Å². The Morgan fingerprint density at radius 2 is 1.92 bits per heavy atom. The van der Waals surface area contributed by atoms with E-state index in [-0.39, 0.29) is 17.0 Å². The number of carboxylic acid groups (broad SMARTS) is 1. The van der Waals surface area contributed by atoms with Crippen LogP contribution in [0.15, 0.2) is 59.4 Å². The maximum Gasteiger partial charge on any atom is 0.335 e. The summed E-state index contributed by atoms with van der Waals surface area (Å²) in [5.74, 6) is -0.833. The summed E-state index contributed by atoms with van der Waals surface area (Å²) < 4.78 is 0. The van der Waals surface area contributed by atoms with Crippen molar-refractivity contribution in [2.75, 3.05) is 0 Å². The molecule has 0 radical (unpaired) electrons. The molecule has 122 valence electrons. The van der Waals surface area contributed by atoms with Crippen molar-refractivity contribution < 1.29 is 9.90 Å². The molecule has 0 saturated carbocycles. The van der Waals surface area contributed by atoms with Gasteiger partial charge in [-0.3, -0.25) is 4.79 Å². The molecule has 6 heteroatoms. The number of rotatable bonds is 4. The van der Waals surface area contributed by atoms with Crippen LogP contribution < -0.4 is 5.56 Å². The SMILES string of the molecule is N#Cc1c(Cc2ccccc2)nc(-c2cccc(C(=O)O)c2)[nH]c1=O. The third-order valence-electron chi connectivity index (χ3n) is 3.70. The smallest absolute Gasteiger partial charge is 0.335 e. The molecule has 1 aromatic heterocycles. The fourth-order valence-corrected chi connectivity index (χ4v) is 2.49. The van der Waals surface area contributed by atoms with E-state index in [9.17, 15) is 14.9 Å². The molecule has 0 spiro atoms. The van der Waals surface area contributed by atoms with E-state index in [4.69, 9.17) is 5.11 Å². The first kappa shape index (κ1) is 16.1. The lowest BCUT2D eigenvalue weighted by Crippen LogP contribution is -2.17. The van der Waals surface area contributed by atoms with Gasteiger partial charge >= 0.3 is 5.97 Å². The van der Waals surface area contributed by atoms with Crippen LogP contribution in [0, 0.1) is 11.3 Å². The minimum Gasteiger partial charge on any atom is -0.478 e. The fraction of sp³-hybridized carbons (Fsp3) is 0.0526. The molecule has 0 unspecified atom stereocenters. The van der Waals surface area contributed by atoms with E-state index < -0.39 is 11.5 Å². The Bertz CT molecular complexity index is 1030. The van der Waals surface area contributed by atoms with Crippen LogP contribution in [0.1, 0.15) is 27.2 Å². The topological polar surface area (TPSA) is 107 Å². The molecular formula is C19H13N3O3. The number of carbonyl (C=O) groups is 1. The van der Waals surface area contributed by atoms with Crippen LogP contribution in [-0.4, -0.2) is 21.0 Å². The molecule has 0 aliphatic rings. The summed E-state index contributed by atoms with van der Waals surface area (Å²) in [6.45, 7) is 0. The Kier molecular flexibility index (Phi) is 4.40. The standard InChI is InChI=1S/C19H13N3O3/c20-11-15-16(9-12-5-2-1-3-6-12)21-17(22-18(15)23)13-7-4-8-14(10-13)19(24)25/h1-8,10H,9H2,(H,24,25)(H,21,22,23). The van der Waals surface area contributed by atoms with Crippen LogP contribution >= 0.6 is 0 Å². The average Bonchev–Trinajstić information content (AvgIpc) is 2.62. The maximum atomic E-state index is 12.2. The zero-order chi connectivity index (χ0) is 17.8. The minimum atomic E-state index is -1.07. The highest BCUT2D eigenvalue weighted by atomic mass is 16.4. The van der Waals surface area contributed by atoms with Gasteiger partial charge in [-0.25, -0.2) is 9.78 Å². The van der Waals surface area contributed by atoms with Crippen molar-refractivity contribution in [3.8, 4) is 17.5 Å². The number of hydrogen-bond donors (Lipinski definition) is 2. The highest BCUT2D eigenvalue weighted by Gasteiger charge is 2.14. The highest BCUT2D eigenvalue weighted by molar-refractivity contribution is 5.89. The van der Waals surface area contributed by atoms with E-state index in [0.29, 0.717) is 17.7 Å². The van der Waals surface area contributed by atoms with E-state index in [1.165, 1.54) is 12.1 Å². The summed E-state index contributed by atoms with van der Waals surface area (Å²) in [7, 11) is 0. The molecule has 0 aliphatic heterocycles. The zero-order valence-electron chi connectivity index (χ0n) is 13.1. The van der Waals surface area contributed by atoms with Crippen LogP contribution in [0.4, 0.5) is 0 Å². The number of aromatic carboxylic acids is 1. The summed E-state index contributed by atoms with van der Waals surface area (Å²) >= 11 is 0. The van der Waals surface area contributed by atoms with Crippen LogP contribution in [0.2, 0.25) is 0 Å². The minimum absolute atomic E-state index is 0.0398. The largest absolute Gasteiger partial charge is 0.478 e. The van der Waals surface area contributed by atoms with E-state index >= 15 is 0 Å². The van der Waals surface area contributed by atoms with Crippen LogP contribution in [0.5, 0.6) is 0 Å². The lowest BCUT2D eigenvalue weighted by molar-refractivity contribution is 0.0697. The van der Waals surface area contributed by atoms with Gasteiger partial charge in [-0.05, 0) is 17.7 Å². The average molecular weight is 331 g/mol. The molecule has 25 heavy (non-hydrogen) atoms. The molecule has 2 N–H and O–H groups in total. The Hall–Kier alpha value is -3.72. The number of hydrogen-bond acceptors (Lipinski definition) is 4. The molecule has 3 rings (SSSR count). The van der Waals surface area contributed by atoms with Crippen molar-refractivity contribution in [1.29, 1.82) is 5.26 Å². The zero-order valence-corrected chi connectivity index (χ0v) is 13.1. The molecule has 6 nitrogen and oxygen atoms in total. The molecule has 1 heterocycles. The second-order valence-corrected chi connectivity index (χ2v) is 5.40. The Labute approximate surface area is 143 Å². The number of aromatic nitrogens is 2. The second-order valence-electron chi connectivity index (χ2n) is 5.40. The summed E-state index contributed by atoms with van der Waals surface area (Å²) in [4.78, 5) is 30.3. The van der Waals surface area contributed by atoms with Gasteiger partial charge in [0.15, 0.2) is 0 Å². The normalized spacial score (nSPS) is 10.2.